The maximum absolute atomic E-state index is 11.7. The Bertz CT molecular complexity index is 337. The lowest BCUT2D eigenvalue weighted by Gasteiger charge is -2.22. The van der Waals surface area contributed by atoms with Gasteiger partial charge in [-0.25, -0.2) is 0 Å². The van der Waals surface area contributed by atoms with Gasteiger partial charge < -0.3 is 15.5 Å². The average Bonchev–Trinajstić information content (AvgIpc) is 2.37. The van der Waals surface area contributed by atoms with Gasteiger partial charge in [0, 0.05) is 39.1 Å². The Balaban J connectivity index is 0. The Labute approximate surface area is 146 Å². The molecule has 0 spiro atoms. The minimum atomic E-state index is -0.344. The number of rotatable bonds is 7. The molecule has 0 aromatic heterocycles. The number of allylic oxidation sites excluding steroid dienone is 1. The van der Waals surface area contributed by atoms with Crippen LogP contribution in [-0.2, 0) is 4.79 Å². The van der Waals surface area contributed by atoms with Crippen LogP contribution in [0.2, 0.25) is 0 Å². The Morgan fingerprint density at radius 2 is 1.86 bits per heavy atom. The summed E-state index contributed by atoms with van der Waals surface area (Å²) in [6.07, 6.45) is 3.98. The highest BCUT2D eigenvalue weighted by Gasteiger charge is 2.20. The fourth-order valence-electron chi connectivity index (χ4n) is 1.58. The molecule has 0 aliphatic rings. The van der Waals surface area contributed by atoms with Gasteiger partial charge in [-0.05, 0) is 12.8 Å². The Morgan fingerprint density at radius 3 is 2.33 bits per heavy atom. The highest BCUT2D eigenvalue weighted by Crippen LogP contribution is 2.11. The largest absolute Gasteiger partial charge is 0.354 e. The lowest BCUT2D eigenvalue weighted by atomic mass is 9.96. The molecule has 2 N–H and O–H groups in total. The molecule has 0 bridgehead atoms. The molecule has 21 heavy (non-hydrogen) atoms. The molecular formula is C15H31IN4O. The van der Waals surface area contributed by atoms with Crippen molar-refractivity contribution in [1.29, 1.82) is 0 Å². The van der Waals surface area contributed by atoms with Crippen molar-refractivity contribution in [3.05, 3.63) is 12.7 Å². The second-order valence-corrected chi connectivity index (χ2v) is 5.83. The standard InChI is InChI=1S/C15H30N4O.HI/c1-7-8-9-12-19(6)14(16-5)18-11-10-17-13(20)15(2,3)4;/h7H,1,8-12H2,2-6H3,(H,16,18)(H,17,20);1H. The number of carbonyl (C=O) groups is 1. The first-order valence-electron chi connectivity index (χ1n) is 7.14. The molecule has 0 aliphatic carbocycles. The molecule has 1 amide bonds. The van der Waals surface area contributed by atoms with Crippen LogP contribution < -0.4 is 10.6 Å². The fraction of sp³-hybridized carbons (Fsp3) is 0.733. The molecule has 0 unspecified atom stereocenters. The van der Waals surface area contributed by atoms with Gasteiger partial charge in [0.25, 0.3) is 0 Å². The summed E-state index contributed by atoms with van der Waals surface area (Å²) in [6, 6.07) is 0. The van der Waals surface area contributed by atoms with Crippen LogP contribution in [0.25, 0.3) is 0 Å². The summed E-state index contributed by atoms with van der Waals surface area (Å²) in [4.78, 5) is 18.0. The van der Waals surface area contributed by atoms with E-state index in [0.717, 1.165) is 25.3 Å². The minimum absolute atomic E-state index is 0. The number of carbonyl (C=O) groups excluding carboxylic acids is 1. The number of amides is 1. The van der Waals surface area contributed by atoms with Crippen LogP contribution in [0.5, 0.6) is 0 Å². The molecule has 6 heteroatoms. The molecule has 0 saturated heterocycles. The van der Waals surface area contributed by atoms with Crippen molar-refractivity contribution in [2.45, 2.75) is 33.6 Å². The van der Waals surface area contributed by atoms with Crippen molar-refractivity contribution in [2.75, 3.05) is 33.7 Å². The third-order valence-corrected chi connectivity index (χ3v) is 2.85. The van der Waals surface area contributed by atoms with E-state index in [0.29, 0.717) is 13.1 Å². The van der Waals surface area contributed by atoms with Gasteiger partial charge in [-0.15, -0.1) is 30.6 Å². The second-order valence-electron chi connectivity index (χ2n) is 5.83. The van der Waals surface area contributed by atoms with Crippen LogP contribution in [0.4, 0.5) is 0 Å². The number of halogens is 1. The topological polar surface area (TPSA) is 56.7 Å². The van der Waals surface area contributed by atoms with Gasteiger partial charge in [-0.3, -0.25) is 9.79 Å². The molecule has 0 aromatic carbocycles. The van der Waals surface area contributed by atoms with Crippen LogP contribution in [0.1, 0.15) is 33.6 Å². The SMILES string of the molecule is C=CCCCN(C)C(=NC)NCCNC(=O)C(C)(C)C.I. The Hall–Kier alpha value is -0.790. The lowest BCUT2D eigenvalue weighted by Crippen LogP contribution is -2.44. The summed E-state index contributed by atoms with van der Waals surface area (Å²) in [5, 5.41) is 6.14. The third kappa shape index (κ3) is 10.6. The molecular weight excluding hydrogens is 379 g/mol. The highest BCUT2D eigenvalue weighted by molar-refractivity contribution is 14.0. The molecule has 124 valence electrons. The van der Waals surface area contributed by atoms with E-state index in [2.05, 4.69) is 27.1 Å². The van der Waals surface area contributed by atoms with Gasteiger partial charge in [-0.1, -0.05) is 26.8 Å². The molecule has 0 rings (SSSR count). The summed E-state index contributed by atoms with van der Waals surface area (Å²) in [5.41, 5.74) is -0.344. The molecule has 0 atom stereocenters. The van der Waals surface area contributed by atoms with Crippen molar-refractivity contribution in [1.82, 2.24) is 15.5 Å². The number of nitrogens with zero attached hydrogens (tertiary/aromatic N) is 2. The molecule has 0 aromatic rings. The van der Waals surface area contributed by atoms with Crippen molar-refractivity contribution in [3.8, 4) is 0 Å². The Kier molecular flexibility index (Phi) is 12.7. The zero-order valence-corrected chi connectivity index (χ0v) is 16.4. The minimum Gasteiger partial charge on any atom is -0.354 e. The molecule has 0 aliphatic heterocycles. The monoisotopic (exact) mass is 410 g/mol. The van der Waals surface area contributed by atoms with Crippen LogP contribution in [0, 0.1) is 5.41 Å². The highest BCUT2D eigenvalue weighted by atomic mass is 127. The first-order chi connectivity index (χ1) is 9.32. The first-order valence-corrected chi connectivity index (χ1v) is 7.14. The van der Waals surface area contributed by atoms with Crippen molar-refractivity contribution < 1.29 is 4.79 Å². The van der Waals surface area contributed by atoms with E-state index in [1.165, 1.54) is 0 Å². The predicted octanol–water partition coefficient (Wildman–Crippen LogP) is 2.24. The number of guanidine groups is 1. The average molecular weight is 410 g/mol. The van der Waals surface area contributed by atoms with Crippen LogP contribution >= 0.6 is 24.0 Å². The molecule has 0 radical (unpaired) electrons. The van der Waals surface area contributed by atoms with Gasteiger partial charge in [0.05, 0.1) is 0 Å². The smallest absolute Gasteiger partial charge is 0.225 e. The quantitative estimate of drug-likeness (QED) is 0.223. The van der Waals surface area contributed by atoms with Crippen LogP contribution in [0.15, 0.2) is 17.6 Å². The number of aliphatic imine (C=N–C) groups is 1. The molecule has 0 heterocycles. The summed E-state index contributed by atoms with van der Waals surface area (Å²) in [5.74, 6) is 0.910. The van der Waals surface area contributed by atoms with E-state index in [1.807, 2.05) is 33.9 Å². The van der Waals surface area contributed by atoms with E-state index in [4.69, 9.17) is 0 Å². The maximum Gasteiger partial charge on any atom is 0.225 e. The zero-order valence-electron chi connectivity index (χ0n) is 14.0. The summed E-state index contributed by atoms with van der Waals surface area (Å²) < 4.78 is 0. The molecule has 5 nitrogen and oxygen atoms in total. The van der Waals surface area contributed by atoms with Crippen molar-refractivity contribution in [3.63, 3.8) is 0 Å². The zero-order chi connectivity index (χ0) is 15.6. The summed E-state index contributed by atoms with van der Waals surface area (Å²) in [7, 11) is 3.77. The maximum atomic E-state index is 11.7. The summed E-state index contributed by atoms with van der Waals surface area (Å²) >= 11 is 0. The molecule has 0 saturated carbocycles. The van der Waals surface area contributed by atoms with E-state index in [9.17, 15) is 4.79 Å². The number of nitrogens with one attached hydrogen (secondary N) is 2. The second kappa shape index (κ2) is 11.8. The third-order valence-electron chi connectivity index (χ3n) is 2.85. The van der Waals surface area contributed by atoms with E-state index in [-0.39, 0.29) is 35.3 Å². The Morgan fingerprint density at radius 1 is 1.29 bits per heavy atom. The number of unbranched alkanes of at least 4 members (excludes halogenated alkanes) is 1. The van der Waals surface area contributed by atoms with E-state index < -0.39 is 0 Å². The van der Waals surface area contributed by atoms with Gasteiger partial charge in [-0.2, -0.15) is 0 Å². The normalized spacial score (nSPS) is 11.4. The lowest BCUT2D eigenvalue weighted by molar-refractivity contribution is -0.128. The van der Waals surface area contributed by atoms with Crippen LogP contribution in [-0.4, -0.2) is 50.5 Å². The molecule has 0 fully saturated rings. The van der Waals surface area contributed by atoms with Crippen molar-refractivity contribution in [2.24, 2.45) is 10.4 Å². The van der Waals surface area contributed by atoms with E-state index >= 15 is 0 Å². The van der Waals surface area contributed by atoms with E-state index in [1.54, 1.807) is 7.05 Å². The van der Waals surface area contributed by atoms with Crippen LogP contribution in [0.3, 0.4) is 0 Å². The van der Waals surface area contributed by atoms with Gasteiger partial charge in [0.15, 0.2) is 5.96 Å². The fourth-order valence-corrected chi connectivity index (χ4v) is 1.58. The summed E-state index contributed by atoms with van der Waals surface area (Å²) in [6.45, 7) is 11.6. The number of hydrogen-bond donors (Lipinski definition) is 2. The number of hydrogen-bond acceptors (Lipinski definition) is 2. The van der Waals surface area contributed by atoms with Crippen molar-refractivity contribution >= 4 is 35.8 Å². The predicted molar refractivity (Wildman–Crippen MR) is 101 cm³/mol. The van der Waals surface area contributed by atoms with Gasteiger partial charge in [0.1, 0.15) is 0 Å². The van der Waals surface area contributed by atoms with Gasteiger partial charge >= 0.3 is 0 Å². The first kappa shape index (κ1) is 22.5. The van der Waals surface area contributed by atoms with Gasteiger partial charge in [0.2, 0.25) is 5.91 Å².